The lowest BCUT2D eigenvalue weighted by Gasteiger charge is -2.21. The van der Waals surface area contributed by atoms with Crippen LogP contribution >= 0.6 is 0 Å². The zero-order valence-electron chi connectivity index (χ0n) is 11.6. The van der Waals surface area contributed by atoms with E-state index in [4.69, 9.17) is 0 Å². The molecule has 1 nitrogen and oxygen atoms in total. The number of unbranched alkanes of at least 4 members (excludes halogenated alkanes) is 6. The quantitative estimate of drug-likeness (QED) is 0.437. The SMILES string of the molecule is [CH2]CCN(CCCCCC)CCCCCC. The maximum absolute atomic E-state index is 3.97. The fourth-order valence-corrected chi connectivity index (χ4v) is 2.08. The van der Waals surface area contributed by atoms with Crippen molar-refractivity contribution in [3.8, 4) is 0 Å². The van der Waals surface area contributed by atoms with Crippen LogP contribution in [0.3, 0.4) is 0 Å². The lowest BCUT2D eigenvalue weighted by Crippen LogP contribution is -2.27. The lowest BCUT2D eigenvalue weighted by atomic mass is 10.1. The molecule has 0 aromatic carbocycles. The standard InChI is InChI=1S/C15H32N/c1-4-7-9-11-14-16(13-6-3)15-12-10-8-5-2/h3-15H2,1-2H3. The zero-order chi connectivity index (χ0) is 12.1. The normalized spacial score (nSPS) is 11.2. The Kier molecular flexibility index (Phi) is 13.0. The summed E-state index contributed by atoms with van der Waals surface area (Å²) < 4.78 is 0. The van der Waals surface area contributed by atoms with E-state index in [1.54, 1.807) is 0 Å². The summed E-state index contributed by atoms with van der Waals surface area (Å²) in [4.78, 5) is 2.61. The van der Waals surface area contributed by atoms with E-state index in [1.165, 1.54) is 71.0 Å². The summed E-state index contributed by atoms with van der Waals surface area (Å²) in [6, 6.07) is 0. The highest BCUT2D eigenvalue weighted by atomic mass is 15.1. The fraction of sp³-hybridized carbons (Fsp3) is 0.933. The molecule has 0 aliphatic rings. The summed E-state index contributed by atoms with van der Waals surface area (Å²) >= 11 is 0. The molecule has 0 rings (SSSR count). The van der Waals surface area contributed by atoms with E-state index in [0.29, 0.717) is 0 Å². The fourth-order valence-electron chi connectivity index (χ4n) is 2.08. The topological polar surface area (TPSA) is 3.24 Å². The second kappa shape index (κ2) is 13.0. The number of hydrogen-bond acceptors (Lipinski definition) is 1. The van der Waals surface area contributed by atoms with Crippen LogP contribution in [0.1, 0.15) is 71.6 Å². The second-order valence-electron chi connectivity index (χ2n) is 4.82. The predicted molar refractivity (Wildman–Crippen MR) is 74.7 cm³/mol. The van der Waals surface area contributed by atoms with Crippen LogP contribution in [0.2, 0.25) is 0 Å². The molecule has 97 valence electrons. The highest BCUT2D eigenvalue weighted by Gasteiger charge is 2.02. The molecule has 0 heterocycles. The summed E-state index contributed by atoms with van der Waals surface area (Å²) in [7, 11) is 0. The Morgan fingerprint density at radius 2 is 1.19 bits per heavy atom. The molecule has 0 fully saturated rings. The molecule has 0 bridgehead atoms. The zero-order valence-corrected chi connectivity index (χ0v) is 11.6. The minimum absolute atomic E-state index is 1.06. The van der Waals surface area contributed by atoms with Crippen molar-refractivity contribution in [3.05, 3.63) is 6.92 Å². The van der Waals surface area contributed by atoms with Crippen molar-refractivity contribution in [1.29, 1.82) is 0 Å². The Hall–Kier alpha value is -0.0400. The Balaban J connectivity index is 3.45. The summed E-state index contributed by atoms with van der Waals surface area (Å²) in [6.07, 6.45) is 12.1. The summed E-state index contributed by atoms with van der Waals surface area (Å²) in [5.41, 5.74) is 0. The van der Waals surface area contributed by atoms with E-state index in [9.17, 15) is 0 Å². The van der Waals surface area contributed by atoms with Gasteiger partial charge in [-0.15, -0.1) is 0 Å². The number of hydrogen-bond donors (Lipinski definition) is 0. The van der Waals surface area contributed by atoms with E-state index < -0.39 is 0 Å². The minimum atomic E-state index is 1.06. The van der Waals surface area contributed by atoms with E-state index in [-0.39, 0.29) is 0 Å². The highest BCUT2D eigenvalue weighted by molar-refractivity contribution is 4.59. The molecule has 0 unspecified atom stereocenters. The largest absolute Gasteiger partial charge is 0.303 e. The molecular formula is C15H32N. The van der Waals surface area contributed by atoms with Gasteiger partial charge in [0.05, 0.1) is 0 Å². The third-order valence-electron chi connectivity index (χ3n) is 3.13. The van der Waals surface area contributed by atoms with Crippen molar-refractivity contribution in [2.75, 3.05) is 19.6 Å². The van der Waals surface area contributed by atoms with E-state index >= 15 is 0 Å². The van der Waals surface area contributed by atoms with Gasteiger partial charge in [0.2, 0.25) is 0 Å². The summed E-state index contributed by atoms with van der Waals surface area (Å²) in [5, 5.41) is 0. The van der Waals surface area contributed by atoms with Gasteiger partial charge in [-0.25, -0.2) is 0 Å². The molecule has 0 aromatic rings. The first-order valence-electron chi connectivity index (χ1n) is 7.36. The van der Waals surface area contributed by atoms with Crippen molar-refractivity contribution in [3.63, 3.8) is 0 Å². The maximum Gasteiger partial charge on any atom is -0.00187 e. The van der Waals surface area contributed by atoms with Gasteiger partial charge in [-0.05, 0) is 38.9 Å². The molecule has 0 N–H and O–H groups in total. The van der Waals surface area contributed by atoms with Gasteiger partial charge in [-0.2, -0.15) is 0 Å². The number of nitrogens with zero attached hydrogens (tertiary/aromatic N) is 1. The van der Waals surface area contributed by atoms with Crippen molar-refractivity contribution in [2.45, 2.75) is 71.6 Å². The molecule has 0 saturated heterocycles. The van der Waals surface area contributed by atoms with Crippen molar-refractivity contribution in [1.82, 2.24) is 4.90 Å². The summed E-state index contributed by atoms with van der Waals surface area (Å²) in [6.45, 7) is 12.3. The molecule has 0 atom stereocenters. The van der Waals surface area contributed by atoms with Gasteiger partial charge < -0.3 is 4.90 Å². The van der Waals surface area contributed by atoms with Crippen molar-refractivity contribution in [2.24, 2.45) is 0 Å². The van der Waals surface area contributed by atoms with Crippen molar-refractivity contribution < 1.29 is 0 Å². The molecule has 1 heteroatoms. The smallest absolute Gasteiger partial charge is 0.00187 e. The molecule has 16 heavy (non-hydrogen) atoms. The summed E-state index contributed by atoms with van der Waals surface area (Å²) in [5.74, 6) is 0. The monoisotopic (exact) mass is 226 g/mol. The van der Waals surface area contributed by atoms with Crippen LogP contribution in [0, 0.1) is 6.92 Å². The molecule has 0 saturated carbocycles. The first-order valence-corrected chi connectivity index (χ1v) is 7.36. The van der Waals surface area contributed by atoms with Gasteiger partial charge in [0.25, 0.3) is 0 Å². The number of rotatable bonds is 12. The van der Waals surface area contributed by atoms with E-state index in [2.05, 4.69) is 25.7 Å². The Labute approximate surface area is 104 Å². The average molecular weight is 226 g/mol. The lowest BCUT2D eigenvalue weighted by molar-refractivity contribution is 0.265. The average Bonchev–Trinajstić information content (AvgIpc) is 2.30. The Morgan fingerprint density at radius 3 is 1.56 bits per heavy atom. The van der Waals surface area contributed by atoms with Crippen molar-refractivity contribution >= 4 is 0 Å². The molecule has 0 aliphatic carbocycles. The van der Waals surface area contributed by atoms with Crippen LogP contribution < -0.4 is 0 Å². The predicted octanol–water partition coefficient (Wildman–Crippen LogP) is 4.67. The van der Waals surface area contributed by atoms with Crippen LogP contribution in [0.15, 0.2) is 0 Å². The van der Waals surface area contributed by atoms with Gasteiger partial charge in [0.15, 0.2) is 0 Å². The molecule has 0 aromatic heterocycles. The van der Waals surface area contributed by atoms with Crippen LogP contribution in [-0.4, -0.2) is 24.5 Å². The Morgan fingerprint density at radius 1 is 0.688 bits per heavy atom. The molecule has 0 spiro atoms. The molecular weight excluding hydrogens is 194 g/mol. The van der Waals surface area contributed by atoms with Crippen LogP contribution in [0.4, 0.5) is 0 Å². The highest BCUT2D eigenvalue weighted by Crippen LogP contribution is 2.05. The van der Waals surface area contributed by atoms with Gasteiger partial charge >= 0.3 is 0 Å². The van der Waals surface area contributed by atoms with Gasteiger partial charge in [-0.1, -0.05) is 59.3 Å². The first kappa shape index (κ1) is 16.0. The van der Waals surface area contributed by atoms with Crippen LogP contribution in [0.5, 0.6) is 0 Å². The maximum atomic E-state index is 3.97. The van der Waals surface area contributed by atoms with E-state index in [0.717, 1.165) is 6.42 Å². The molecule has 1 radical (unpaired) electrons. The van der Waals surface area contributed by atoms with Crippen LogP contribution in [0.25, 0.3) is 0 Å². The molecule has 0 aliphatic heterocycles. The van der Waals surface area contributed by atoms with Gasteiger partial charge in [0.1, 0.15) is 0 Å². The Bertz CT molecular complexity index is 111. The van der Waals surface area contributed by atoms with Crippen LogP contribution in [-0.2, 0) is 0 Å². The third-order valence-corrected chi connectivity index (χ3v) is 3.13. The second-order valence-corrected chi connectivity index (χ2v) is 4.82. The van der Waals surface area contributed by atoms with Gasteiger partial charge in [0, 0.05) is 0 Å². The molecule has 0 amide bonds. The van der Waals surface area contributed by atoms with E-state index in [1.807, 2.05) is 0 Å². The first-order chi connectivity index (χ1) is 7.85. The third kappa shape index (κ3) is 10.5. The van der Waals surface area contributed by atoms with Gasteiger partial charge in [-0.3, -0.25) is 0 Å². The minimum Gasteiger partial charge on any atom is -0.303 e.